The van der Waals surface area contributed by atoms with Gasteiger partial charge < -0.3 is 10.2 Å². The molecule has 0 bridgehead atoms. The minimum absolute atomic E-state index is 0.00601. The molecule has 102 valence electrons. The zero-order valence-electron chi connectivity index (χ0n) is 11.1. The quantitative estimate of drug-likeness (QED) is 0.807. The summed E-state index contributed by atoms with van der Waals surface area (Å²) in [6.45, 7) is 2.98. The minimum Gasteiger partial charge on any atom is -0.359 e. The van der Waals surface area contributed by atoms with Crippen molar-refractivity contribution in [3.8, 4) is 0 Å². The number of carbonyl (C=O) groups excluding carboxylic acids is 2. The van der Waals surface area contributed by atoms with E-state index >= 15 is 0 Å². The fourth-order valence-corrected chi connectivity index (χ4v) is 2.56. The highest BCUT2D eigenvalue weighted by Crippen LogP contribution is 2.31. The number of rotatable bonds is 2. The first-order chi connectivity index (χ1) is 8.96. The van der Waals surface area contributed by atoms with Gasteiger partial charge in [-0.25, -0.2) is 0 Å². The Morgan fingerprint density at radius 2 is 1.95 bits per heavy atom. The highest BCUT2D eigenvalue weighted by molar-refractivity contribution is 7.80. The normalized spacial score (nSPS) is 22.4. The Balaban J connectivity index is 2.11. The van der Waals surface area contributed by atoms with Gasteiger partial charge in [0.15, 0.2) is 0 Å². The molecule has 5 heteroatoms. The second kappa shape index (κ2) is 5.25. The number of hydrogen-bond acceptors (Lipinski definition) is 3. The standard InChI is InChI=1S/C14H18N2O2S/c1-14(13(18)15-2)7-8-16(9-14)12(17)10-3-5-11(19)6-4-10/h3-6,19H,7-9H2,1-2H3,(H,15,18). The van der Waals surface area contributed by atoms with Gasteiger partial charge in [0.2, 0.25) is 5.91 Å². The third-order valence-corrected chi connectivity index (χ3v) is 3.95. The molecule has 1 saturated heterocycles. The Morgan fingerprint density at radius 3 is 2.53 bits per heavy atom. The van der Waals surface area contributed by atoms with Crippen molar-refractivity contribution < 1.29 is 9.59 Å². The Morgan fingerprint density at radius 1 is 1.32 bits per heavy atom. The first kappa shape index (κ1) is 13.9. The lowest BCUT2D eigenvalue weighted by Crippen LogP contribution is -2.40. The molecule has 2 rings (SSSR count). The van der Waals surface area contributed by atoms with E-state index < -0.39 is 5.41 Å². The van der Waals surface area contributed by atoms with Gasteiger partial charge in [-0.15, -0.1) is 12.6 Å². The Hall–Kier alpha value is -1.49. The lowest BCUT2D eigenvalue weighted by atomic mass is 9.89. The number of carbonyl (C=O) groups is 2. The third kappa shape index (κ3) is 2.76. The summed E-state index contributed by atoms with van der Waals surface area (Å²) in [7, 11) is 1.63. The van der Waals surface area contributed by atoms with Crippen LogP contribution in [0.4, 0.5) is 0 Å². The number of nitrogens with one attached hydrogen (secondary N) is 1. The summed E-state index contributed by atoms with van der Waals surface area (Å²) in [4.78, 5) is 26.7. The molecule has 2 amide bonds. The maximum atomic E-state index is 12.3. The molecule has 1 fully saturated rings. The summed E-state index contributed by atoms with van der Waals surface area (Å²) in [6, 6.07) is 7.12. The summed E-state index contributed by atoms with van der Waals surface area (Å²) >= 11 is 4.20. The van der Waals surface area contributed by atoms with Crippen molar-refractivity contribution in [2.24, 2.45) is 5.41 Å². The number of benzene rings is 1. The van der Waals surface area contributed by atoms with Crippen molar-refractivity contribution in [2.75, 3.05) is 20.1 Å². The number of thiol groups is 1. The van der Waals surface area contributed by atoms with Crippen LogP contribution in [0.2, 0.25) is 0 Å². The van der Waals surface area contributed by atoms with E-state index in [1.54, 1.807) is 36.2 Å². The van der Waals surface area contributed by atoms with E-state index in [0.29, 0.717) is 25.1 Å². The summed E-state index contributed by atoms with van der Waals surface area (Å²) in [5.74, 6) is -0.0329. The van der Waals surface area contributed by atoms with Gasteiger partial charge in [0.1, 0.15) is 0 Å². The second-order valence-electron chi connectivity index (χ2n) is 5.16. The molecule has 1 atom stereocenters. The van der Waals surface area contributed by atoms with Gasteiger partial charge in [0.05, 0.1) is 5.41 Å². The van der Waals surface area contributed by atoms with E-state index in [9.17, 15) is 9.59 Å². The molecule has 0 radical (unpaired) electrons. The van der Waals surface area contributed by atoms with Crippen LogP contribution in [0.1, 0.15) is 23.7 Å². The maximum Gasteiger partial charge on any atom is 0.253 e. The largest absolute Gasteiger partial charge is 0.359 e. The van der Waals surface area contributed by atoms with E-state index in [4.69, 9.17) is 0 Å². The van der Waals surface area contributed by atoms with Crippen molar-refractivity contribution in [3.63, 3.8) is 0 Å². The molecule has 1 aromatic rings. The summed E-state index contributed by atoms with van der Waals surface area (Å²) in [6.07, 6.45) is 0.697. The summed E-state index contributed by atoms with van der Waals surface area (Å²) < 4.78 is 0. The molecule has 1 unspecified atom stereocenters. The summed E-state index contributed by atoms with van der Waals surface area (Å²) in [5.41, 5.74) is 0.160. The van der Waals surface area contributed by atoms with Crippen LogP contribution < -0.4 is 5.32 Å². The molecule has 4 nitrogen and oxygen atoms in total. The molecule has 1 heterocycles. The lowest BCUT2D eigenvalue weighted by Gasteiger charge is -2.22. The van der Waals surface area contributed by atoms with Crippen LogP contribution in [0.25, 0.3) is 0 Å². The maximum absolute atomic E-state index is 12.3. The first-order valence-corrected chi connectivity index (χ1v) is 6.71. The SMILES string of the molecule is CNC(=O)C1(C)CCN(C(=O)c2ccc(S)cc2)C1. The van der Waals surface area contributed by atoms with Crippen LogP contribution in [-0.4, -0.2) is 36.9 Å². The van der Waals surface area contributed by atoms with E-state index in [1.165, 1.54) is 0 Å². The van der Waals surface area contributed by atoms with Gasteiger partial charge in [-0.3, -0.25) is 9.59 Å². The monoisotopic (exact) mass is 278 g/mol. The van der Waals surface area contributed by atoms with E-state index in [1.807, 2.05) is 6.92 Å². The van der Waals surface area contributed by atoms with Crippen LogP contribution in [0, 0.1) is 5.41 Å². The number of amides is 2. The third-order valence-electron chi connectivity index (χ3n) is 3.65. The van der Waals surface area contributed by atoms with E-state index in [0.717, 1.165) is 4.90 Å². The number of hydrogen-bond donors (Lipinski definition) is 2. The van der Waals surface area contributed by atoms with Gasteiger partial charge in [-0.1, -0.05) is 0 Å². The lowest BCUT2D eigenvalue weighted by molar-refractivity contribution is -0.128. The van der Waals surface area contributed by atoms with Gasteiger partial charge >= 0.3 is 0 Å². The minimum atomic E-state index is -0.478. The van der Waals surface area contributed by atoms with Crippen LogP contribution in [-0.2, 0) is 4.79 Å². The molecule has 1 aromatic carbocycles. The van der Waals surface area contributed by atoms with Gasteiger partial charge in [-0.05, 0) is 37.6 Å². The van der Waals surface area contributed by atoms with E-state index in [2.05, 4.69) is 17.9 Å². The Labute approximate surface area is 118 Å². The Kier molecular flexibility index (Phi) is 3.85. The molecule has 0 saturated carbocycles. The van der Waals surface area contributed by atoms with Crippen molar-refractivity contribution in [1.82, 2.24) is 10.2 Å². The first-order valence-electron chi connectivity index (χ1n) is 6.27. The van der Waals surface area contributed by atoms with Gasteiger partial charge in [0.25, 0.3) is 5.91 Å². The molecule has 0 spiro atoms. The summed E-state index contributed by atoms with van der Waals surface area (Å²) in [5, 5.41) is 2.67. The van der Waals surface area contributed by atoms with Crippen LogP contribution in [0.5, 0.6) is 0 Å². The van der Waals surface area contributed by atoms with Crippen molar-refractivity contribution >= 4 is 24.4 Å². The zero-order valence-corrected chi connectivity index (χ0v) is 12.0. The predicted octanol–water partition coefficient (Wildman–Crippen LogP) is 1.57. The van der Waals surface area contributed by atoms with Gasteiger partial charge in [0, 0.05) is 30.6 Å². The molecular formula is C14H18N2O2S. The molecule has 1 N–H and O–H groups in total. The Bertz CT molecular complexity index is 501. The average molecular weight is 278 g/mol. The van der Waals surface area contributed by atoms with Crippen LogP contribution in [0.3, 0.4) is 0 Å². The van der Waals surface area contributed by atoms with Crippen LogP contribution >= 0.6 is 12.6 Å². The molecule has 1 aliphatic heterocycles. The van der Waals surface area contributed by atoms with Crippen LogP contribution in [0.15, 0.2) is 29.2 Å². The van der Waals surface area contributed by atoms with E-state index in [-0.39, 0.29) is 11.8 Å². The highest BCUT2D eigenvalue weighted by atomic mass is 32.1. The number of likely N-dealkylation sites (tertiary alicyclic amines) is 1. The number of nitrogens with zero attached hydrogens (tertiary/aromatic N) is 1. The zero-order chi connectivity index (χ0) is 14.0. The van der Waals surface area contributed by atoms with Crippen molar-refractivity contribution in [2.45, 2.75) is 18.2 Å². The van der Waals surface area contributed by atoms with Crippen molar-refractivity contribution in [3.05, 3.63) is 29.8 Å². The highest BCUT2D eigenvalue weighted by Gasteiger charge is 2.41. The van der Waals surface area contributed by atoms with Gasteiger partial charge in [-0.2, -0.15) is 0 Å². The molecular weight excluding hydrogens is 260 g/mol. The predicted molar refractivity (Wildman–Crippen MR) is 76.4 cm³/mol. The molecule has 19 heavy (non-hydrogen) atoms. The second-order valence-corrected chi connectivity index (χ2v) is 5.68. The smallest absolute Gasteiger partial charge is 0.253 e. The fourth-order valence-electron chi connectivity index (χ4n) is 2.41. The van der Waals surface area contributed by atoms with Crippen molar-refractivity contribution in [1.29, 1.82) is 0 Å². The topological polar surface area (TPSA) is 49.4 Å². The molecule has 0 aliphatic carbocycles. The molecule has 0 aromatic heterocycles. The molecule has 1 aliphatic rings. The fraction of sp³-hybridized carbons (Fsp3) is 0.429. The average Bonchev–Trinajstić information content (AvgIpc) is 2.82.